The molecule has 1 aromatic rings. The van der Waals surface area contributed by atoms with Gasteiger partial charge in [-0.05, 0) is 31.2 Å². The van der Waals surface area contributed by atoms with Crippen molar-refractivity contribution in [1.29, 1.82) is 0 Å². The molecule has 0 saturated heterocycles. The topological polar surface area (TPSA) is 94.1 Å². The van der Waals surface area contributed by atoms with Crippen molar-refractivity contribution in [2.75, 3.05) is 13.2 Å². The highest BCUT2D eigenvalue weighted by atomic mass is 16.5. The number of ketones is 1. The van der Waals surface area contributed by atoms with Crippen LogP contribution in [0.5, 0.6) is 5.75 Å². The number of hydrazone groups is 1. The van der Waals surface area contributed by atoms with Crippen LogP contribution in [0.1, 0.15) is 30.1 Å². The van der Waals surface area contributed by atoms with E-state index in [2.05, 4.69) is 10.5 Å². The van der Waals surface area contributed by atoms with Crippen molar-refractivity contribution in [3.63, 3.8) is 0 Å². The number of hydrogen-bond acceptors (Lipinski definition) is 6. The fourth-order valence-corrected chi connectivity index (χ4v) is 1.82. The minimum Gasteiger partial charge on any atom is -0.494 e. The molecule has 1 amide bonds. The van der Waals surface area contributed by atoms with Crippen molar-refractivity contribution in [3.05, 3.63) is 29.8 Å². The largest absolute Gasteiger partial charge is 0.494 e. The van der Waals surface area contributed by atoms with Crippen LogP contribution < -0.4 is 10.2 Å². The summed E-state index contributed by atoms with van der Waals surface area (Å²) in [7, 11) is 0. The monoisotopic (exact) mass is 304 g/mol. The van der Waals surface area contributed by atoms with E-state index in [1.165, 1.54) is 0 Å². The van der Waals surface area contributed by atoms with E-state index < -0.39 is 5.97 Å². The number of nitrogens with zero attached hydrogens (tertiary/aromatic N) is 1. The average Bonchev–Trinajstić information content (AvgIpc) is 2.54. The molecule has 0 bridgehead atoms. The van der Waals surface area contributed by atoms with Gasteiger partial charge in [0.25, 0.3) is 0 Å². The Hall–Kier alpha value is -2.70. The average molecular weight is 304 g/mol. The Morgan fingerprint density at radius 1 is 1.23 bits per heavy atom. The molecule has 7 heteroatoms. The second-order valence-corrected chi connectivity index (χ2v) is 4.55. The van der Waals surface area contributed by atoms with Gasteiger partial charge in [-0.15, -0.1) is 0 Å². The Morgan fingerprint density at radius 2 is 1.95 bits per heavy atom. The number of carbonyl (C=O) groups excluding carboxylic acids is 3. The predicted octanol–water partition coefficient (Wildman–Crippen LogP) is 1.08. The normalized spacial score (nSPS) is 13.9. The minimum absolute atomic E-state index is 0.110. The van der Waals surface area contributed by atoms with E-state index in [1.54, 1.807) is 24.3 Å². The summed E-state index contributed by atoms with van der Waals surface area (Å²) in [6.07, 6.45) is 0.392. The zero-order valence-corrected chi connectivity index (χ0v) is 12.1. The maximum atomic E-state index is 11.9. The van der Waals surface area contributed by atoms with Gasteiger partial charge in [-0.2, -0.15) is 5.10 Å². The van der Waals surface area contributed by atoms with Gasteiger partial charge < -0.3 is 9.47 Å². The molecule has 1 heterocycles. The summed E-state index contributed by atoms with van der Waals surface area (Å²) < 4.78 is 10.2. The van der Waals surface area contributed by atoms with Crippen LogP contribution in [0.15, 0.2) is 29.4 Å². The fourth-order valence-electron chi connectivity index (χ4n) is 1.82. The molecule has 116 valence electrons. The number of Topliss-reactive ketones (excluding diaryl/α,β-unsaturated/α-hetero) is 1. The van der Waals surface area contributed by atoms with Crippen molar-refractivity contribution in [2.45, 2.75) is 19.8 Å². The molecule has 2 rings (SSSR count). The van der Waals surface area contributed by atoms with E-state index in [4.69, 9.17) is 9.47 Å². The number of amides is 1. The first-order valence-electron chi connectivity index (χ1n) is 6.88. The van der Waals surface area contributed by atoms with Crippen LogP contribution >= 0.6 is 0 Å². The summed E-state index contributed by atoms with van der Waals surface area (Å²) in [4.78, 5) is 34.6. The number of hydrogen-bond donors (Lipinski definition) is 1. The summed E-state index contributed by atoms with van der Waals surface area (Å²) in [6.45, 7) is 2.04. The number of benzene rings is 1. The van der Waals surface area contributed by atoms with E-state index in [9.17, 15) is 14.4 Å². The summed E-state index contributed by atoms with van der Waals surface area (Å²) in [6, 6.07) is 6.58. The molecular formula is C15H16N2O5. The van der Waals surface area contributed by atoms with Gasteiger partial charge in [-0.25, -0.2) is 10.2 Å². The molecule has 0 spiro atoms. The molecule has 1 aromatic carbocycles. The number of esters is 1. The molecule has 0 saturated carbocycles. The number of rotatable bonds is 6. The van der Waals surface area contributed by atoms with Crippen molar-refractivity contribution >= 4 is 23.4 Å². The number of nitrogens with one attached hydrogen (secondary N) is 1. The van der Waals surface area contributed by atoms with Crippen LogP contribution in [0.25, 0.3) is 0 Å². The molecule has 0 aliphatic carbocycles. The Kier molecular flexibility index (Phi) is 5.24. The Labute approximate surface area is 127 Å². The highest BCUT2D eigenvalue weighted by Crippen LogP contribution is 2.12. The third-order valence-corrected chi connectivity index (χ3v) is 2.96. The molecule has 7 nitrogen and oxygen atoms in total. The van der Waals surface area contributed by atoms with Gasteiger partial charge in [-0.3, -0.25) is 9.59 Å². The maximum absolute atomic E-state index is 11.9. The molecule has 0 aromatic heterocycles. The van der Waals surface area contributed by atoms with E-state index in [-0.39, 0.29) is 36.9 Å². The SMILES string of the molecule is CCOc1ccc(C(=O)COC(=O)C2=NNC(=O)CC2)cc1. The second kappa shape index (κ2) is 7.35. The lowest BCUT2D eigenvalue weighted by Gasteiger charge is -2.11. The molecule has 1 aliphatic rings. The third kappa shape index (κ3) is 4.15. The molecule has 0 radical (unpaired) electrons. The van der Waals surface area contributed by atoms with E-state index >= 15 is 0 Å². The van der Waals surface area contributed by atoms with Gasteiger partial charge in [0.2, 0.25) is 5.91 Å². The fraction of sp³-hybridized carbons (Fsp3) is 0.333. The van der Waals surface area contributed by atoms with Gasteiger partial charge in [0.1, 0.15) is 11.5 Å². The van der Waals surface area contributed by atoms with Crippen LogP contribution in [0, 0.1) is 0 Å². The highest BCUT2D eigenvalue weighted by molar-refractivity contribution is 6.37. The third-order valence-electron chi connectivity index (χ3n) is 2.96. The van der Waals surface area contributed by atoms with Gasteiger partial charge in [0, 0.05) is 18.4 Å². The van der Waals surface area contributed by atoms with Gasteiger partial charge in [0.05, 0.1) is 6.61 Å². The summed E-state index contributed by atoms with van der Waals surface area (Å²) in [5.41, 5.74) is 2.74. The van der Waals surface area contributed by atoms with Crippen LogP contribution in [0.2, 0.25) is 0 Å². The zero-order valence-electron chi connectivity index (χ0n) is 12.1. The minimum atomic E-state index is -0.695. The van der Waals surface area contributed by atoms with E-state index in [0.717, 1.165) is 0 Å². The first-order valence-corrected chi connectivity index (χ1v) is 6.88. The van der Waals surface area contributed by atoms with Crippen molar-refractivity contribution in [2.24, 2.45) is 5.10 Å². The summed E-state index contributed by atoms with van der Waals surface area (Å²) >= 11 is 0. The van der Waals surface area contributed by atoms with Crippen LogP contribution in [0.4, 0.5) is 0 Å². The molecular weight excluding hydrogens is 288 g/mol. The second-order valence-electron chi connectivity index (χ2n) is 4.55. The lowest BCUT2D eigenvalue weighted by atomic mass is 10.1. The molecule has 1 N–H and O–H groups in total. The van der Waals surface area contributed by atoms with Crippen molar-refractivity contribution in [3.8, 4) is 5.75 Å². The molecule has 0 unspecified atom stereocenters. The van der Waals surface area contributed by atoms with Gasteiger partial charge in [-0.1, -0.05) is 0 Å². The Bertz CT molecular complexity index is 607. The van der Waals surface area contributed by atoms with Crippen molar-refractivity contribution in [1.82, 2.24) is 5.43 Å². The van der Waals surface area contributed by atoms with E-state index in [0.29, 0.717) is 17.9 Å². The summed E-state index contributed by atoms with van der Waals surface area (Å²) in [5.74, 6) is -0.596. The predicted molar refractivity (Wildman–Crippen MR) is 77.7 cm³/mol. The molecule has 1 aliphatic heterocycles. The molecule has 0 atom stereocenters. The standard InChI is InChI=1S/C15H16N2O5/c1-2-21-11-5-3-10(4-6-11)13(18)9-22-15(20)12-7-8-14(19)17-16-12/h3-6H,2,7-9H2,1H3,(H,17,19). The van der Waals surface area contributed by atoms with Gasteiger partial charge in [0.15, 0.2) is 12.4 Å². The van der Waals surface area contributed by atoms with Crippen molar-refractivity contribution < 1.29 is 23.9 Å². The summed E-state index contributed by atoms with van der Waals surface area (Å²) in [5, 5.41) is 3.61. The van der Waals surface area contributed by atoms with E-state index in [1.807, 2.05) is 6.92 Å². The lowest BCUT2D eigenvalue weighted by Crippen LogP contribution is -2.31. The Morgan fingerprint density at radius 3 is 2.55 bits per heavy atom. The first-order chi connectivity index (χ1) is 10.6. The number of carbonyl (C=O) groups is 3. The highest BCUT2D eigenvalue weighted by Gasteiger charge is 2.20. The molecule has 22 heavy (non-hydrogen) atoms. The van der Waals surface area contributed by atoms with Gasteiger partial charge >= 0.3 is 5.97 Å². The maximum Gasteiger partial charge on any atom is 0.354 e. The molecule has 0 fully saturated rings. The smallest absolute Gasteiger partial charge is 0.354 e. The quantitative estimate of drug-likeness (QED) is 0.627. The first kappa shape index (κ1) is 15.7. The van der Waals surface area contributed by atoms with Crippen LogP contribution in [-0.2, 0) is 14.3 Å². The van der Waals surface area contributed by atoms with Crippen LogP contribution in [-0.4, -0.2) is 36.6 Å². The Balaban J connectivity index is 1.87. The number of ether oxygens (including phenoxy) is 2. The lowest BCUT2D eigenvalue weighted by molar-refractivity contribution is -0.134. The zero-order chi connectivity index (χ0) is 15.9. The van der Waals surface area contributed by atoms with Crippen LogP contribution in [0.3, 0.4) is 0 Å².